The van der Waals surface area contributed by atoms with Crippen molar-refractivity contribution in [1.29, 1.82) is 0 Å². The van der Waals surface area contributed by atoms with Crippen LogP contribution >= 0.6 is 11.3 Å². The first-order valence-electron chi connectivity index (χ1n) is 5.62. The highest BCUT2D eigenvalue weighted by atomic mass is 32.2. The van der Waals surface area contributed by atoms with Gasteiger partial charge in [0.2, 0.25) is 10.0 Å². The fraction of sp³-hybridized carbons (Fsp3) is 0.250. The van der Waals surface area contributed by atoms with Crippen LogP contribution in [0.25, 0.3) is 0 Å². The van der Waals surface area contributed by atoms with Crippen molar-refractivity contribution in [3.63, 3.8) is 0 Å². The lowest BCUT2D eigenvalue weighted by atomic mass is 10.2. The third kappa shape index (κ3) is 3.19. The highest BCUT2D eigenvalue weighted by Gasteiger charge is 2.18. The van der Waals surface area contributed by atoms with Crippen LogP contribution in [-0.4, -0.2) is 18.5 Å². The summed E-state index contributed by atoms with van der Waals surface area (Å²) >= 11 is 1.41. The highest BCUT2D eigenvalue weighted by molar-refractivity contribution is 7.89. The van der Waals surface area contributed by atoms with Crippen LogP contribution < -0.4 is 4.72 Å². The number of nitrogens with zero attached hydrogens (tertiary/aromatic N) is 1. The van der Waals surface area contributed by atoms with Gasteiger partial charge in [-0.2, -0.15) is 0 Å². The van der Waals surface area contributed by atoms with E-state index in [0.717, 1.165) is 10.6 Å². The lowest BCUT2D eigenvalue weighted by molar-refractivity contribution is 0.278. The summed E-state index contributed by atoms with van der Waals surface area (Å²) in [5.74, 6) is 0. The summed E-state index contributed by atoms with van der Waals surface area (Å²) in [4.78, 5) is 5.06. The number of aliphatic hydroxyl groups excluding tert-OH is 1. The van der Waals surface area contributed by atoms with E-state index in [0.29, 0.717) is 5.56 Å². The van der Waals surface area contributed by atoms with Crippen molar-refractivity contribution in [3.8, 4) is 0 Å². The van der Waals surface area contributed by atoms with Crippen LogP contribution in [0.1, 0.15) is 16.1 Å². The van der Waals surface area contributed by atoms with E-state index in [4.69, 9.17) is 0 Å². The molecule has 0 aliphatic carbocycles. The molecule has 0 atom stereocenters. The summed E-state index contributed by atoms with van der Waals surface area (Å²) in [6.45, 7) is 1.73. The minimum Gasteiger partial charge on any atom is -0.392 e. The standard InChI is InChI=1S/C12H14N2O3S2/c1-9-11(18-8-13-9)6-14-19(16,17)12-5-3-2-4-10(12)7-15/h2-5,8,14-15H,6-7H2,1H3. The highest BCUT2D eigenvalue weighted by Crippen LogP contribution is 2.17. The third-order valence-electron chi connectivity index (χ3n) is 2.70. The van der Waals surface area contributed by atoms with Crippen LogP contribution in [0.5, 0.6) is 0 Å². The van der Waals surface area contributed by atoms with Gasteiger partial charge in [0.05, 0.1) is 22.7 Å². The van der Waals surface area contributed by atoms with Crippen molar-refractivity contribution in [2.45, 2.75) is 25.0 Å². The molecule has 5 nitrogen and oxygen atoms in total. The Morgan fingerprint density at radius 1 is 1.37 bits per heavy atom. The maximum Gasteiger partial charge on any atom is 0.241 e. The van der Waals surface area contributed by atoms with Crippen molar-refractivity contribution < 1.29 is 13.5 Å². The largest absolute Gasteiger partial charge is 0.392 e. The fourth-order valence-electron chi connectivity index (χ4n) is 1.63. The average Bonchev–Trinajstić information content (AvgIpc) is 2.82. The number of nitrogens with one attached hydrogen (secondary N) is 1. The lowest BCUT2D eigenvalue weighted by Crippen LogP contribution is -2.24. The molecule has 0 bridgehead atoms. The minimum absolute atomic E-state index is 0.111. The monoisotopic (exact) mass is 298 g/mol. The number of hydrogen-bond donors (Lipinski definition) is 2. The van der Waals surface area contributed by atoms with Gasteiger partial charge in [0.15, 0.2) is 0 Å². The second-order valence-electron chi connectivity index (χ2n) is 3.95. The van der Waals surface area contributed by atoms with E-state index in [1.54, 1.807) is 23.7 Å². The van der Waals surface area contributed by atoms with Gasteiger partial charge in [0, 0.05) is 11.4 Å². The molecule has 0 aliphatic rings. The molecule has 7 heteroatoms. The zero-order valence-electron chi connectivity index (χ0n) is 10.3. The molecule has 0 saturated heterocycles. The van der Waals surface area contributed by atoms with Crippen LogP contribution in [0, 0.1) is 6.92 Å². The first-order valence-corrected chi connectivity index (χ1v) is 7.98. The summed E-state index contributed by atoms with van der Waals surface area (Å²) in [7, 11) is -3.63. The zero-order valence-corrected chi connectivity index (χ0v) is 12.0. The molecular weight excluding hydrogens is 284 g/mol. The van der Waals surface area contributed by atoms with Gasteiger partial charge in [-0.3, -0.25) is 0 Å². The Bertz CT molecular complexity index is 665. The number of hydrogen-bond acceptors (Lipinski definition) is 5. The molecule has 1 heterocycles. The first-order chi connectivity index (χ1) is 9.04. The molecule has 0 saturated carbocycles. The maximum atomic E-state index is 12.2. The van der Waals surface area contributed by atoms with Crippen molar-refractivity contribution >= 4 is 21.4 Å². The number of aromatic nitrogens is 1. The number of aryl methyl sites for hydroxylation is 1. The quantitative estimate of drug-likeness (QED) is 0.875. The van der Waals surface area contributed by atoms with Crippen LogP contribution in [0.2, 0.25) is 0 Å². The van der Waals surface area contributed by atoms with E-state index >= 15 is 0 Å². The topological polar surface area (TPSA) is 79.3 Å². The molecule has 2 N–H and O–H groups in total. The minimum atomic E-state index is -3.63. The smallest absolute Gasteiger partial charge is 0.241 e. The first kappa shape index (κ1) is 14.1. The molecule has 0 radical (unpaired) electrons. The summed E-state index contributed by atoms with van der Waals surface area (Å²) in [6.07, 6.45) is 0. The van der Waals surface area contributed by atoms with Crippen molar-refractivity contribution in [2.24, 2.45) is 0 Å². The molecule has 0 fully saturated rings. The van der Waals surface area contributed by atoms with E-state index in [1.807, 2.05) is 6.92 Å². The Morgan fingerprint density at radius 2 is 2.11 bits per heavy atom. The van der Waals surface area contributed by atoms with Crippen LogP contribution in [-0.2, 0) is 23.2 Å². The van der Waals surface area contributed by atoms with E-state index in [9.17, 15) is 13.5 Å². The van der Waals surface area contributed by atoms with Gasteiger partial charge in [-0.1, -0.05) is 18.2 Å². The van der Waals surface area contributed by atoms with Gasteiger partial charge in [-0.25, -0.2) is 18.1 Å². The normalized spacial score (nSPS) is 11.7. The summed E-state index contributed by atoms with van der Waals surface area (Å²) < 4.78 is 26.9. The predicted molar refractivity (Wildman–Crippen MR) is 73.2 cm³/mol. The van der Waals surface area contributed by atoms with E-state index in [-0.39, 0.29) is 18.0 Å². The van der Waals surface area contributed by atoms with E-state index < -0.39 is 10.0 Å². The van der Waals surface area contributed by atoms with Crippen LogP contribution in [0.15, 0.2) is 34.7 Å². The second kappa shape index (κ2) is 5.79. The van der Waals surface area contributed by atoms with Gasteiger partial charge in [-0.05, 0) is 18.6 Å². The molecule has 102 valence electrons. The van der Waals surface area contributed by atoms with E-state index in [1.165, 1.54) is 17.4 Å². The number of rotatable bonds is 5. The van der Waals surface area contributed by atoms with E-state index in [2.05, 4.69) is 9.71 Å². The maximum absolute atomic E-state index is 12.2. The Morgan fingerprint density at radius 3 is 2.74 bits per heavy atom. The molecule has 0 amide bonds. The van der Waals surface area contributed by atoms with Crippen molar-refractivity contribution in [1.82, 2.24) is 9.71 Å². The molecule has 0 unspecified atom stereocenters. The van der Waals surface area contributed by atoms with Crippen molar-refractivity contribution in [2.75, 3.05) is 0 Å². The van der Waals surface area contributed by atoms with Gasteiger partial charge < -0.3 is 5.11 Å². The molecule has 2 rings (SSSR count). The van der Waals surface area contributed by atoms with Crippen LogP contribution in [0.3, 0.4) is 0 Å². The van der Waals surface area contributed by atoms with Gasteiger partial charge in [0.25, 0.3) is 0 Å². The third-order valence-corrected chi connectivity index (χ3v) is 5.14. The Balaban J connectivity index is 2.21. The van der Waals surface area contributed by atoms with Crippen molar-refractivity contribution in [3.05, 3.63) is 45.9 Å². The number of sulfonamides is 1. The lowest BCUT2D eigenvalue weighted by Gasteiger charge is -2.09. The number of aliphatic hydroxyl groups is 1. The molecule has 1 aromatic heterocycles. The molecule has 0 aliphatic heterocycles. The second-order valence-corrected chi connectivity index (χ2v) is 6.63. The van der Waals surface area contributed by atoms with Crippen LogP contribution in [0.4, 0.5) is 0 Å². The summed E-state index contributed by atoms with van der Waals surface area (Å²) in [6, 6.07) is 6.39. The Hall–Kier alpha value is -1.28. The predicted octanol–water partition coefficient (Wildman–Crippen LogP) is 1.42. The Labute approximate surface area is 116 Å². The molecule has 1 aromatic carbocycles. The van der Waals surface area contributed by atoms with Gasteiger partial charge in [0.1, 0.15) is 0 Å². The van der Waals surface area contributed by atoms with Gasteiger partial charge in [-0.15, -0.1) is 11.3 Å². The zero-order chi connectivity index (χ0) is 13.9. The number of benzene rings is 1. The molecule has 2 aromatic rings. The fourth-order valence-corrected chi connectivity index (χ4v) is 3.66. The molecular formula is C12H14N2O3S2. The summed E-state index contributed by atoms with van der Waals surface area (Å²) in [5, 5.41) is 9.18. The average molecular weight is 298 g/mol. The van der Waals surface area contributed by atoms with Gasteiger partial charge >= 0.3 is 0 Å². The molecule has 19 heavy (non-hydrogen) atoms. The number of thiazole rings is 1. The SMILES string of the molecule is Cc1ncsc1CNS(=O)(=O)c1ccccc1CO. The Kier molecular flexibility index (Phi) is 4.31. The summed E-state index contributed by atoms with van der Waals surface area (Å²) in [5.41, 5.74) is 2.89. The molecule has 0 spiro atoms.